The minimum Gasteiger partial charge on any atom is -0.472 e. The molecule has 1 aromatic heterocycles. The number of hydrogen-bond donors (Lipinski definition) is 0. The molecule has 3 saturated heterocycles. The second-order valence-electron chi connectivity index (χ2n) is 6.53. The van der Waals surface area contributed by atoms with Crippen molar-refractivity contribution in [1.29, 1.82) is 0 Å². The number of hydrogen-bond acceptors (Lipinski definition) is 4. The summed E-state index contributed by atoms with van der Waals surface area (Å²) in [5, 5.41) is 9.24. The van der Waals surface area contributed by atoms with Crippen LogP contribution in [-0.2, 0) is 0 Å². The lowest BCUT2D eigenvalue weighted by Gasteiger charge is -2.44. The van der Waals surface area contributed by atoms with Crippen LogP contribution in [0.2, 0.25) is 5.02 Å². The minimum atomic E-state index is 0.251. The Kier molecular flexibility index (Phi) is 3.95. The molecule has 5 rings (SSSR count). The zero-order valence-electron chi connectivity index (χ0n) is 13.2. The van der Waals surface area contributed by atoms with Gasteiger partial charge in [-0.05, 0) is 56.5 Å². The molecule has 0 saturated carbocycles. The third-order valence-corrected chi connectivity index (χ3v) is 5.22. The number of piperidine rings is 3. The molecule has 23 heavy (non-hydrogen) atoms. The summed E-state index contributed by atoms with van der Waals surface area (Å²) in [5.41, 5.74) is 2.81. The Balaban J connectivity index is 1.50. The molecule has 4 heterocycles. The highest BCUT2D eigenvalue weighted by Crippen LogP contribution is 2.31. The Morgan fingerprint density at radius 3 is 2.57 bits per heavy atom. The van der Waals surface area contributed by atoms with Gasteiger partial charge in [-0.1, -0.05) is 23.7 Å². The molecule has 0 spiro atoms. The predicted molar refractivity (Wildman–Crippen MR) is 90.8 cm³/mol. The lowest BCUT2D eigenvalue weighted by molar-refractivity contribution is -0.0103. The van der Waals surface area contributed by atoms with E-state index in [-0.39, 0.29) is 6.10 Å². The molecule has 1 aromatic carbocycles. The number of fused-ring (bicyclic) bond motifs is 3. The summed E-state index contributed by atoms with van der Waals surface area (Å²) in [6, 6.07) is 9.78. The maximum atomic E-state index is 6.30. The van der Waals surface area contributed by atoms with E-state index in [1.54, 1.807) is 0 Å². The molecular formula is C18H20ClN3O. The number of ether oxygens (including phenoxy) is 1. The summed E-state index contributed by atoms with van der Waals surface area (Å²) in [6.45, 7) is 5.45. The van der Waals surface area contributed by atoms with E-state index < -0.39 is 0 Å². The van der Waals surface area contributed by atoms with E-state index in [2.05, 4.69) is 15.1 Å². The first-order chi connectivity index (χ1) is 11.2. The summed E-state index contributed by atoms with van der Waals surface area (Å²) in [6.07, 6.45) is 2.71. The van der Waals surface area contributed by atoms with Crippen molar-refractivity contribution in [2.45, 2.75) is 25.9 Å². The van der Waals surface area contributed by atoms with Crippen molar-refractivity contribution in [3.63, 3.8) is 0 Å². The highest BCUT2D eigenvalue weighted by molar-refractivity contribution is 6.33. The lowest BCUT2D eigenvalue weighted by atomic mass is 9.86. The van der Waals surface area contributed by atoms with E-state index in [1.807, 2.05) is 37.3 Å². The standard InChI is InChI=1S/C18H20ClN3O/c1-12-2-3-14(15(19)10-12)16-4-5-18(21-20-16)23-17-11-22-8-6-13(17)7-9-22/h2-5,10,13,17H,6-9,11H2,1H3. The van der Waals surface area contributed by atoms with E-state index in [1.165, 1.54) is 25.9 Å². The van der Waals surface area contributed by atoms with Gasteiger partial charge >= 0.3 is 0 Å². The van der Waals surface area contributed by atoms with E-state index >= 15 is 0 Å². The fourth-order valence-electron chi connectivity index (χ4n) is 3.55. The molecule has 3 aliphatic heterocycles. The van der Waals surface area contributed by atoms with Gasteiger partial charge in [-0.3, -0.25) is 4.90 Å². The molecule has 120 valence electrons. The molecule has 1 unspecified atom stereocenters. The number of nitrogens with zero attached hydrogens (tertiary/aromatic N) is 3. The van der Waals surface area contributed by atoms with Crippen molar-refractivity contribution in [1.82, 2.24) is 15.1 Å². The Hall–Kier alpha value is -1.65. The molecule has 4 nitrogen and oxygen atoms in total. The summed E-state index contributed by atoms with van der Waals surface area (Å²) < 4.78 is 6.08. The summed E-state index contributed by atoms with van der Waals surface area (Å²) in [5.74, 6) is 1.27. The van der Waals surface area contributed by atoms with Crippen LogP contribution in [0.5, 0.6) is 5.88 Å². The zero-order chi connectivity index (χ0) is 15.8. The largest absolute Gasteiger partial charge is 0.472 e. The monoisotopic (exact) mass is 329 g/mol. The Bertz CT molecular complexity index is 696. The molecule has 2 aromatic rings. The average molecular weight is 330 g/mol. The summed E-state index contributed by atoms with van der Waals surface area (Å²) in [4.78, 5) is 2.47. The van der Waals surface area contributed by atoms with Gasteiger partial charge in [-0.15, -0.1) is 10.2 Å². The third kappa shape index (κ3) is 3.06. The van der Waals surface area contributed by atoms with Crippen LogP contribution in [0, 0.1) is 12.8 Å². The first-order valence-corrected chi connectivity index (χ1v) is 8.56. The molecule has 0 amide bonds. The van der Waals surface area contributed by atoms with Crippen LogP contribution in [-0.4, -0.2) is 40.8 Å². The first-order valence-electron chi connectivity index (χ1n) is 8.18. The summed E-state index contributed by atoms with van der Waals surface area (Å²) >= 11 is 6.30. The SMILES string of the molecule is Cc1ccc(-c2ccc(OC3CN4CCC3CC4)nn2)c(Cl)c1. The molecule has 0 radical (unpaired) electrons. The number of rotatable bonds is 3. The highest BCUT2D eigenvalue weighted by Gasteiger charge is 2.35. The lowest BCUT2D eigenvalue weighted by Crippen LogP contribution is -2.52. The van der Waals surface area contributed by atoms with E-state index in [0.29, 0.717) is 16.8 Å². The number of halogens is 1. The van der Waals surface area contributed by atoms with Gasteiger partial charge in [-0.2, -0.15) is 0 Å². The first kappa shape index (κ1) is 14.9. The predicted octanol–water partition coefficient (Wildman–Crippen LogP) is 3.58. The van der Waals surface area contributed by atoms with Crippen LogP contribution >= 0.6 is 11.6 Å². The summed E-state index contributed by atoms with van der Waals surface area (Å²) in [7, 11) is 0. The molecule has 2 bridgehead atoms. The normalized spacial score (nSPS) is 26.3. The van der Waals surface area contributed by atoms with E-state index in [4.69, 9.17) is 16.3 Å². The van der Waals surface area contributed by atoms with Crippen LogP contribution in [0.3, 0.4) is 0 Å². The van der Waals surface area contributed by atoms with E-state index in [9.17, 15) is 0 Å². The van der Waals surface area contributed by atoms with Gasteiger partial charge in [0.05, 0.1) is 10.7 Å². The van der Waals surface area contributed by atoms with Crippen molar-refractivity contribution in [2.75, 3.05) is 19.6 Å². The van der Waals surface area contributed by atoms with Crippen LogP contribution in [0.15, 0.2) is 30.3 Å². The molecule has 0 aliphatic carbocycles. The van der Waals surface area contributed by atoms with Crippen LogP contribution in [0.4, 0.5) is 0 Å². The van der Waals surface area contributed by atoms with Gasteiger partial charge in [0.2, 0.25) is 5.88 Å². The van der Waals surface area contributed by atoms with Crippen molar-refractivity contribution >= 4 is 11.6 Å². The van der Waals surface area contributed by atoms with Crippen LogP contribution in [0.25, 0.3) is 11.3 Å². The minimum absolute atomic E-state index is 0.251. The molecule has 1 atom stereocenters. The quantitative estimate of drug-likeness (QED) is 0.862. The van der Waals surface area contributed by atoms with Gasteiger partial charge in [-0.25, -0.2) is 0 Å². The van der Waals surface area contributed by atoms with Gasteiger partial charge < -0.3 is 4.74 Å². The number of benzene rings is 1. The Morgan fingerprint density at radius 1 is 1.13 bits per heavy atom. The second-order valence-corrected chi connectivity index (χ2v) is 6.94. The van der Waals surface area contributed by atoms with Gasteiger partial charge in [0.25, 0.3) is 0 Å². The van der Waals surface area contributed by atoms with Crippen molar-refractivity contribution in [3.05, 3.63) is 40.9 Å². The second kappa shape index (κ2) is 6.10. The van der Waals surface area contributed by atoms with E-state index in [0.717, 1.165) is 23.4 Å². The van der Waals surface area contributed by atoms with Gasteiger partial charge in [0.15, 0.2) is 0 Å². The number of aromatic nitrogens is 2. The molecule has 0 N–H and O–H groups in total. The number of aryl methyl sites for hydroxylation is 1. The van der Waals surface area contributed by atoms with Crippen LogP contribution in [0.1, 0.15) is 18.4 Å². The fourth-order valence-corrected chi connectivity index (χ4v) is 3.89. The van der Waals surface area contributed by atoms with Crippen molar-refractivity contribution in [3.8, 4) is 17.1 Å². The smallest absolute Gasteiger partial charge is 0.233 e. The van der Waals surface area contributed by atoms with Crippen LogP contribution < -0.4 is 4.74 Å². The van der Waals surface area contributed by atoms with Gasteiger partial charge in [0.1, 0.15) is 6.10 Å². The molecular weight excluding hydrogens is 310 g/mol. The highest BCUT2D eigenvalue weighted by atomic mass is 35.5. The average Bonchev–Trinajstić information content (AvgIpc) is 2.57. The molecule has 3 aliphatic rings. The third-order valence-electron chi connectivity index (χ3n) is 4.91. The molecule has 5 heteroatoms. The zero-order valence-corrected chi connectivity index (χ0v) is 14.0. The molecule has 3 fully saturated rings. The Labute approximate surface area is 141 Å². The maximum absolute atomic E-state index is 6.30. The maximum Gasteiger partial charge on any atom is 0.233 e. The topological polar surface area (TPSA) is 38.2 Å². The van der Waals surface area contributed by atoms with Crippen molar-refractivity contribution < 1.29 is 4.74 Å². The Morgan fingerprint density at radius 2 is 1.96 bits per heavy atom. The van der Waals surface area contributed by atoms with Crippen molar-refractivity contribution in [2.24, 2.45) is 5.92 Å². The fraction of sp³-hybridized carbons (Fsp3) is 0.444. The van der Waals surface area contributed by atoms with Gasteiger partial charge in [0, 0.05) is 18.2 Å².